The van der Waals surface area contributed by atoms with Gasteiger partial charge in [-0.05, 0) is 73.6 Å². The van der Waals surface area contributed by atoms with Gasteiger partial charge in [-0.2, -0.15) is 0 Å². The third-order valence-corrected chi connectivity index (χ3v) is 6.46. The molecule has 2 fully saturated rings. The molecule has 1 saturated heterocycles. The lowest BCUT2D eigenvalue weighted by molar-refractivity contribution is 0.0776. The Morgan fingerprint density at radius 1 is 1.07 bits per heavy atom. The molecule has 1 saturated carbocycles. The quantitative estimate of drug-likeness (QED) is 0.715. The van der Waals surface area contributed by atoms with E-state index in [-0.39, 0.29) is 12.0 Å². The highest BCUT2D eigenvalue weighted by Crippen LogP contribution is 2.37. The van der Waals surface area contributed by atoms with Gasteiger partial charge in [0.05, 0.1) is 17.1 Å². The smallest absolute Gasteiger partial charge is 0.253 e. The molecule has 0 bridgehead atoms. The number of aliphatic hydroxyl groups is 1. The number of rotatable bonds is 2. The molecule has 0 spiro atoms. The molecule has 1 N–H and O–H groups in total. The standard InChI is InChI=1S/C22H22ClN3O2/c23-17-3-5-18(6-4-17)26-13-24-20-8-2-14(10-21(20)26)22(28)25-11-15-1-7-19(27)9-16(15)12-25/h2-6,8,10,13,15-16,19,27H,1,7,9,11-12H2. The molecule has 5 nitrogen and oxygen atoms in total. The second-order valence-corrected chi connectivity index (χ2v) is 8.43. The fourth-order valence-corrected chi connectivity index (χ4v) is 4.83. The Morgan fingerprint density at radius 3 is 2.68 bits per heavy atom. The Bertz CT molecular complexity index is 1030. The van der Waals surface area contributed by atoms with E-state index in [0.29, 0.717) is 22.4 Å². The first-order valence-electron chi connectivity index (χ1n) is 9.79. The molecule has 2 aromatic carbocycles. The predicted octanol–water partition coefficient (Wildman–Crippen LogP) is 3.91. The van der Waals surface area contributed by atoms with Gasteiger partial charge in [0.25, 0.3) is 5.91 Å². The third-order valence-electron chi connectivity index (χ3n) is 6.21. The fourth-order valence-electron chi connectivity index (χ4n) is 4.70. The summed E-state index contributed by atoms with van der Waals surface area (Å²) >= 11 is 6.00. The zero-order valence-corrected chi connectivity index (χ0v) is 16.2. The van der Waals surface area contributed by atoms with E-state index in [4.69, 9.17) is 11.6 Å². The topological polar surface area (TPSA) is 58.4 Å². The molecule has 144 valence electrons. The molecule has 2 heterocycles. The summed E-state index contributed by atoms with van der Waals surface area (Å²) in [6.45, 7) is 1.54. The number of carbonyl (C=O) groups excluding carboxylic acids is 1. The summed E-state index contributed by atoms with van der Waals surface area (Å²) < 4.78 is 1.97. The van der Waals surface area contributed by atoms with E-state index in [1.54, 1.807) is 6.33 Å². The van der Waals surface area contributed by atoms with Crippen LogP contribution in [0.4, 0.5) is 0 Å². The van der Waals surface area contributed by atoms with Crippen LogP contribution in [0.2, 0.25) is 5.02 Å². The largest absolute Gasteiger partial charge is 0.393 e. The van der Waals surface area contributed by atoms with Gasteiger partial charge in [-0.1, -0.05) is 11.6 Å². The molecule has 6 heteroatoms. The molecule has 2 aliphatic rings. The van der Waals surface area contributed by atoms with Crippen LogP contribution in [0.3, 0.4) is 0 Å². The SMILES string of the molecule is O=C(c1ccc2ncn(-c3ccc(Cl)cc3)c2c1)N1CC2CCC(O)CC2C1. The van der Waals surface area contributed by atoms with Crippen molar-refractivity contribution in [2.75, 3.05) is 13.1 Å². The van der Waals surface area contributed by atoms with Gasteiger partial charge in [0.1, 0.15) is 6.33 Å². The van der Waals surface area contributed by atoms with Gasteiger partial charge in [0.15, 0.2) is 0 Å². The van der Waals surface area contributed by atoms with Crippen molar-refractivity contribution in [1.29, 1.82) is 0 Å². The van der Waals surface area contributed by atoms with Crippen molar-refractivity contribution in [1.82, 2.24) is 14.5 Å². The number of carbonyl (C=O) groups is 1. The Morgan fingerprint density at radius 2 is 1.86 bits per heavy atom. The Balaban J connectivity index is 1.44. The molecule has 28 heavy (non-hydrogen) atoms. The van der Waals surface area contributed by atoms with E-state index in [9.17, 15) is 9.90 Å². The molecule has 1 aliphatic carbocycles. The first-order valence-corrected chi connectivity index (χ1v) is 10.2. The molecular weight excluding hydrogens is 374 g/mol. The van der Waals surface area contributed by atoms with Crippen LogP contribution in [-0.2, 0) is 0 Å². The lowest BCUT2D eigenvalue weighted by atomic mass is 9.80. The number of amides is 1. The van der Waals surface area contributed by atoms with Crippen LogP contribution < -0.4 is 0 Å². The molecule has 5 rings (SSSR count). The number of aliphatic hydroxyl groups excluding tert-OH is 1. The van der Waals surface area contributed by atoms with Gasteiger partial charge >= 0.3 is 0 Å². The van der Waals surface area contributed by atoms with Crippen LogP contribution in [0.25, 0.3) is 16.7 Å². The number of imidazole rings is 1. The summed E-state index contributed by atoms with van der Waals surface area (Å²) in [6, 6.07) is 13.3. The number of benzene rings is 2. The minimum Gasteiger partial charge on any atom is -0.393 e. The highest BCUT2D eigenvalue weighted by molar-refractivity contribution is 6.30. The maximum atomic E-state index is 13.1. The first-order chi connectivity index (χ1) is 13.6. The lowest BCUT2D eigenvalue weighted by Crippen LogP contribution is -2.29. The molecule has 3 aromatic rings. The molecule has 0 radical (unpaired) electrons. The highest BCUT2D eigenvalue weighted by atomic mass is 35.5. The summed E-state index contributed by atoms with van der Waals surface area (Å²) in [6.07, 6.45) is 4.25. The maximum absolute atomic E-state index is 13.1. The molecule has 1 aliphatic heterocycles. The van der Waals surface area contributed by atoms with E-state index >= 15 is 0 Å². The summed E-state index contributed by atoms with van der Waals surface area (Å²) in [5, 5.41) is 10.6. The Labute approximate surface area is 168 Å². The van der Waals surface area contributed by atoms with Crippen LogP contribution in [0.15, 0.2) is 48.8 Å². The normalized spacial score (nSPS) is 24.5. The van der Waals surface area contributed by atoms with Crippen molar-refractivity contribution in [3.63, 3.8) is 0 Å². The van der Waals surface area contributed by atoms with Gasteiger partial charge in [0, 0.05) is 29.4 Å². The highest BCUT2D eigenvalue weighted by Gasteiger charge is 2.39. The average molecular weight is 396 g/mol. The van der Waals surface area contributed by atoms with Crippen molar-refractivity contribution in [3.8, 4) is 5.69 Å². The fraction of sp³-hybridized carbons (Fsp3) is 0.364. The third kappa shape index (κ3) is 3.09. The van der Waals surface area contributed by atoms with Gasteiger partial charge in [-0.15, -0.1) is 0 Å². The predicted molar refractivity (Wildman–Crippen MR) is 109 cm³/mol. The van der Waals surface area contributed by atoms with Crippen LogP contribution in [0, 0.1) is 11.8 Å². The van der Waals surface area contributed by atoms with E-state index < -0.39 is 0 Å². The number of likely N-dealkylation sites (tertiary alicyclic amines) is 1. The molecule has 1 amide bonds. The van der Waals surface area contributed by atoms with E-state index in [0.717, 1.165) is 49.1 Å². The monoisotopic (exact) mass is 395 g/mol. The number of nitrogens with zero attached hydrogens (tertiary/aromatic N) is 3. The zero-order valence-electron chi connectivity index (χ0n) is 15.5. The van der Waals surface area contributed by atoms with Gasteiger partial charge < -0.3 is 10.0 Å². The first kappa shape index (κ1) is 17.7. The zero-order chi connectivity index (χ0) is 19.3. The minimum atomic E-state index is -0.207. The Kier molecular flexibility index (Phi) is 4.37. The van der Waals surface area contributed by atoms with Crippen molar-refractivity contribution >= 4 is 28.5 Å². The van der Waals surface area contributed by atoms with Gasteiger partial charge in [0.2, 0.25) is 0 Å². The summed E-state index contributed by atoms with van der Waals surface area (Å²) in [5.74, 6) is 1.02. The van der Waals surface area contributed by atoms with Gasteiger partial charge in [-0.3, -0.25) is 9.36 Å². The van der Waals surface area contributed by atoms with Crippen LogP contribution in [0.5, 0.6) is 0 Å². The molecule has 3 unspecified atom stereocenters. The van der Waals surface area contributed by atoms with E-state index in [1.165, 1.54) is 0 Å². The van der Waals surface area contributed by atoms with Crippen molar-refractivity contribution in [2.24, 2.45) is 11.8 Å². The van der Waals surface area contributed by atoms with E-state index in [1.807, 2.05) is 51.9 Å². The second kappa shape index (κ2) is 6.90. The minimum absolute atomic E-state index is 0.0645. The lowest BCUT2D eigenvalue weighted by Gasteiger charge is -2.27. The van der Waals surface area contributed by atoms with Crippen molar-refractivity contribution < 1.29 is 9.90 Å². The van der Waals surface area contributed by atoms with Gasteiger partial charge in [-0.25, -0.2) is 4.98 Å². The van der Waals surface area contributed by atoms with Crippen molar-refractivity contribution in [2.45, 2.75) is 25.4 Å². The summed E-state index contributed by atoms with van der Waals surface area (Å²) in [5.41, 5.74) is 3.39. The van der Waals surface area contributed by atoms with E-state index in [2.05, 4.69) is 4.98 Å². The maximum Gasteiger partial charge on any atom is 0.253 e. The number of hydrogen-bond donors (Lipinski definition) is 1. The molecular formula is C22H22ClN3O2. The number of halogens is 1. The number of fused-ring (bicyclic) bond motifs is 2. The van der Waals surface area contributed by atoms with Crippen LogP contribution in [0.1, 0.15) is 29.6 Å². The number of hydrogen-bond acceptors (Lipinski definition) is 3. The molecule has 3 atom stereocenters. The molecule has 1 aromatic heterocycles. The Hall–Kier alpha value is -2.37. The van der Waals surface area contributed by atoms with Crippen LogP contribution in [-0.4, -0.2) is 44.7 Å². The number of aromatic nitrogens is 2. The van der Waals surface area contributed by atoms with Crippen LogP contribution >= 0.6 is 11.6 Å². The summed E-state index contributed by atoms with van der Waals surface area (Å²) in [7, 11) is 0. The summed E-state index contributed by atoms with van der Waals surface area (Å²) in [4.78, 5) is 19.6. The van der Waals surface area contributed by atoms with Crippen molar-refractivity contribution in [3.05, 3.63) is 59.4 Å². The second-order valence-electron chi connectivity index (χ2n) is 7.99. The average Bonchev–Trinajstić information content (AvgIpc) is 3.31.